The van der Waals surface area contributed by atoms with Gasteiger partial charge in [-0.2, -0.15) is 4.68 Å². The number of carbonyl (C=O) groups is 2. The van der Waals surface area contributed by atoms with Crippen molar-refractivity contribution in [1.29, 1.82) is 0 Å². The van der Waals surface area contributed by atoms with Crippen LogP contribution in [0.4, 0.5) is 4.39 Å². The van der Waals surface area contributed by atoms with Gasteiger partial charge in [-0.05, 0) is 50.4 Å². The molecular formula is C23H23FN4O6S. The fraction of sp³-hybridized carbons (Fsp3) is 0.261. The molecule has 2 heterocycles. The maximum atomic E-state index is 13.8. The van der Waals surface area contributed by atoms with Crippen LogP contribution in [-0.4, -0.2) is 39.9 Å². The first-order valence-electron chi connectivity index (χ1n) is 10.4. The van der Waals surface area contributed by atoms with Gasteiger partial charge < -0.3 is 9.57 Å². The summed E-state index contributed by atoms with van der Waals surface area (Å²) in [4.78, 5) is 57.2. The van der Waals surface area contributed by atoms with Crippen molar-refractivity contribution in [2.24, 2.45) is 5.16 Å². The number of thiophene rings is 1. The number of Topliss-reactive ketones (excluding diaryl/α,β-unsaturated/α-hetero) is 1. The molecule has 12 heteroatoms. The second-order valence-electron chi connectivity index (χ2n) is 7.61. The maximum absolute atomic E-state index is 13.8. The summed E-state index contributed by atoms with van der Waals surface area (Å²) in [5.74, 6) is -1.89. The van der Waals surface area contributed by atoms with E-state index in [9.17, 15) is 23.6 Å². The van der Waals surface area contributed by atoms with Gasteiger partial charge in [0.1, 0.15) is 17.7 Å². The minimum atomic E-state index is -0.982. The molecule has 0 aliphatic carbocycles. The average molecular weight is 503 g/mol. The summed E-state index contributed by atoms with van der Waals surface area (Å²) < 4.78 is 20.3. The predicted octanol–water partition coefficient (Wildman–Crippen LogP) is 2.64. The number of carbonyl (C=O) groups excluding carboxylic acids is 2. The molecule has 0 aliphatic heterocycles. The Labute approximate surface area is 203 Å². The van der Waals surface area contributed by atoms with Crippen LogP contribution in [0.2, 0.25) is 0 Å². The third-order valence-electron chi connectivity index (χ3n) is 4.68. The molecule has 1 amide bonds. The maximum Gasteiger partial charge on any atom is 0.350 e. The predicted molar refractivity (Wildman–Crippen MR) is 129 cm³/mol. The molecule has 3 rings (SSSR count). The Kier molecular flexibility index (Phi) is 7.97. The summed E-state index contributed by atoms with van der Waals surface area (Å²) in [6, 6.07) is 6.58. The van der Waals surface area contributed by atoms with Crippen molar-refractivity contribution in [3.05, 3.63) is 84.6 Å². The van der Waals surface area contributed by atoms with Crippen LogP contribution in [-0.2, 0) is 11.4 Å². The highest BCUT2D eigenvalue weighted by Gasteiger charge is 2.20. The molecule has 184 valence electrons. The number of hydrogen-bond acceptors (Lipinski definition) is 8. The fourth-order valence-electron chi connectivity index (χ4n) is 3.00. The average Bonchev–Trinajstić information content (AvgIpc) is 3.37. The third-order valence-corrected chi connectivity index (χ3v) is 5.55. The number of ether oxygens (including phenoxy) is 1. The summed E-state index contributed by atoms with van der Waals surface area (Å²) in [7, 11) is 1.32. The lowest BCUT2D eigenvalue weighted by atomic mass is 10.1. The molecule has 2 aromatic heterocycles. The van der Waals surface area contributed by atoms with Crippen molar-refractivity contribution in [3.63, 3.8) is 0 Å². The molecule has 0 fully saturated rings. The number of halogens is 1. The number of benzene rings is 1. The second-order valence-corrected chi connectivity index (χ2v) is 8.56. The lowest BCUT2D eigenvalue weighted by molar-refractivity contribution is 0.0860. The molecular weight excluding hydrogens is 479 g/mol. The number of oxime groups is 1. The van der Waals surface area contributed by atoms with Gasteiger partial charge in [0.15, 0.2) is 5.78 Å². The van der Waals surface area contributed by atoms with Crippen LogP contribution in [0.1, 0.15) is 46.4 Å². The summed E-state index contributed by atoms with van der Waals surface area (Å²) in [6.07, 6.45) is 0.864. The van der Waals surface area contributed by atoms with E-state index in [2.05, 4.69) is 10.6 Å². The van der Waals surface area contributed by atoms with E-state index in [0.29, 0.717) is 4.68 Å². The van der Waals surface area contributed by atoms with E-state index < -0.39 is 35.3 Å². The van der Waals surface area contributed by atoms with E-state index in [1.165, 1.54) is 26.2 Å². The zero-order valence-electron chi connectivity index (χ0n) is 19.4. The number of amides is 1. The van der Waals surface area contributed by atoms with Crippen LogP contribution in [0.3, 0.4) is 0 Å². The molecule has 0 radical (unpaired) electrons. The normalized spacial score (nSPS) is 11.4. The van der Waals surface area contributed by atoms with Crippen LogP contribution in [0.15, 0.2) is 56.7 Å². The number of hydrogen-bond donors (Lipinski definition) is 1. The summed E-state index contributed by atoms with van der Waals surface area (Å²) in [5.41, 5.74) is 0.377. The minimum Gasteiger partial charge on any atom is -0.496 e. The van der Waals surface area contributed by atoms with Gasteiger partial charge in [0, 0.05) is 6.20 Å². The van der Waals surface area contributed by atoms with Crippen molar-refractivity contribution in [3.8, 4) is 5.75 Å². The highest BCUT2D eigenvalue weighted by molar-refractivity contribution is 7.12. The first-order valence-corrected chi connectivity index (χ1v) is 11.3. The standard InChI is InChI=1S/C23H23FN4O6S/c1-13(2)34-26-14(3)17-11-27(12-18(29)16-10-15(24)7-8-19(16)33-4)23(32)28(22(17)31)25-21(30)20-6-5-9-35-20/h5-11,13H,12H2,1-4H3,(H,25,30)/b26-14+. The van der Waals surface area contributed by atoms with Crippen molar-refractivity contribution in [2.75, 3.05) is 12.5 Å². The molecule has 0 spiro atoms. The third kappa shape index (κ3) is 5.90. The van der Waals surface area contributed by atoms with Gasteiger partial charge in [-0.1, -0.05) is 11.2 Å². The Bertz CT molecular complexity index is 1390. The fourth-order valence-corrected chi connectivity index (χ4v) is 3.61. The molecule has 0 saturated carbocycles. The van der Waals surface area contributed by atoms with Crippen molar-refractivity contribution in [2.45, 2.75) is 33.4 Å². The number of nitrogens with one attached hydrogen (secondary N) is 1. The Hall–Kier alpha value is -4.06. The lowest BCUT2D eigenvalue weighted by Crippen LogP contribution is -2.48. The number of methoxy groups -OCH3 is 1. The van der Waals surface area contributed by atoms with E-state index in [0.717, 1.165) is 34.2 Å². The topological polar surface area (TPSA) is 121 Å². The van der Waals surface area contributed by atoms with Gasteiger partial charge in [0.2, 0.25) is 0 Å². The van der Waals surface area contributed by atoms with E-state index >= 15 is 0 Å². The minimum absolute atomic E-state index is 0.0873. The van der Waals surface area contributed by atoms with Crippen LogP contribution in [0, 0.1) is 5.82 Å². The van der Waals surface area contributed by atoms with E-state index in [1.807, 2.05) is 0 Å². The van der Waals surface area contributed by atoms with Crippen LogP contribution in [0.5, 0.6) is 5.75 Å². The van der Waals surface area contributed by atoms with E-state index in [-0.39, 0.29) is 33.6 Å². The van der Waals surface area contributed by atoms with Crippen molar-refractivity contribution >= 4 is 28.7 Å². The van der Waals surface area contributed by atoms with Crippen LogP contribution < -0.4 is 21.4 Å². The van der Waals surface area contributed by atoms with Crippen molar-refractivity contribution in [1.82, 2.24) is 9.24 Å². The van der Waals surface area contributed by atoms with Crippen LogP contribution in [0.25, 0.3) is 0 Å². The first kappa shape index (κ1) is 25.6. The quantitative estimate of drug-likeness (QED) is 0.273. The van der Waals surface area contributed by atoms with Crippen molar-refractivity contribution < 1.29 is 23.6 Å². The first-order chi connectivity index (χ1) is 16.6. The molecule has 1 aromatic carbocycles. The smallest absolute Gasteiger partial charge is 0.350 e. The van der Waals surface area contributed by atoms with Gasteiger partial charge in [-0.25, -0.2) is 9.18 Å². The molecule has 0 aliphatic rings. The summed E-state index contributed by atoms with van der Waals surface area (Å²) in [6.45, 7) is 4.39. The molecule has 0 saturated heterocycles. The molecule has 10 nitrogen and oxygen atoms in total. The van der Waals surface area contributed by atoms with Gasteiger partial charge in [-0.15, -0.1) is 11.3 Å². The van der Waals surface area contributed by atoms with Gasteiger partial charge in [0.25, 0.3) is 11.5 Å². The highest BCUT2D eigenvalue weighted by Crippen LogP contribution is 2.20. The zero-order chi connectivity index (χ0) is 25.7. The number of aromatic nitrogens is 2. The molecule has 0 bridgehead atoms. The second kappa shape index (κ2) is 10.9. The summed E-state index contributed by atoms with van der Waals surface area (Å²) >= 11 is 1.12. The SMILES string of the molecule is COc1ccc(F)cc1C(=O)Cn1cc(/C(C)=N/OC(C)C)c(=O)n(NC(=O)c2cccs2)c1=O. The van der Waals surface area contributed by atoms with E-state index in [1.54, 1.807) is 25.3 Å². The Balaban J connectivity index is 2.10. The highest BCUT2D eigenvalue weighted by atomic mass is 32.1. The van der Waals surface area contributed by atoms with Crippen LogP contribution >= 0.6 is 11.3 Å². The number of ketones is 1. The summed E-state index contributed by atoms with van der Waals surface area (Å²) in [5, 5.41) is 5.56. The largest absolute Gasteiger partial charge is 0.496 e. The van der Waals surface area contributed by atoms with Gasteiger partial charge >= 0.3 is 5.69 Å². The molecule has 0 atom stereocenters. The molecule has 0 unspecified atom stereocenters. The number of rotatable bonds is 9. The lowest BCUT2D eigenvalue weighted by Gasteiger charge is -2.14. The molecule has 3 aromatic rings. The monoisotopic (exact) mass is 502 g/mol. The zero-order valence-corrected chi connectivity index (χ0v) is 20.2. The molecule has 35 heavy (non-hydrogen) atoms. The molecule has 1 N–H and O–H groups in total. The Morgan fingerprint density at radius 3 is 2.57 bits per heavy atom. The number of nitrogens with zero attached hydrogens (tertiary/aromatic N) is 3. The van der Waals surface area contributed by atoms with E-state index in [4.69, 9.17) is 9.57 Å². The Morgan fingerprint density at radius 2 is 1.94 bits per heavy atom. The Morgan fingerprint density at radius 1 is 1.20 bits per heavy atom. The van der Waals surface area contributed by atoms with Gasteiger partial charge in [0.05, 0.1) is 35.4 Å². The van der Waals surface area contributed by atoms with Gasteiger partial charge in [-0.3, -0.25) is 24.4 Å².